The number of piperidine rings is 1. The van der Waals surface area contributed by atoms with Crippen molar-refractivity contribution in [3.05, 3.63) is 53.1 Å². The second-order valence-electron chi connectivity index (χ2n) is 8.26. The van der Waals surface area contributed by atoms with Gasteiger partial charge in [0.05, 0.1) is 0 Å². The van der Waals surface area contributed by atoms with Gasteiger partial charge in [-0.2, -0.15) is 0 Å². The van der Waals surface area contributed by atoms with E-state index in [4.69, 9.17) is 0 Å². The second-order valence-corrected chi connectivity index (χ2v) is 8.26. The first-order valence-corrected chi connectivity index (χ1v) is 9.20. The Kier molecular flexibility index (Phi) is 5.09. The van der Waals surface area contributed by atoms with Crippen LogP contribution in [0.5, 0.6) is 0 Å². The molecular weight excluding hydrogens is 310 g/mol. The molecule has 0 spiro atoms. The van der Waals surface area contributed by atoms with Gasteiger partial charge in [-0.25, -0.2) is 4.98 Å². The van der Waals surface area contributed by atoms with Gasteiger partial charge in [0.2, 0.25) is 0 Å². The third-order valence-corrected chi connectivity index (χ3v) is 5.06. The summed E-state index contributed by atoms with van der Waals surface area (Å²) in [5, 5.41) is 0. The molecule has 4 nitrogen and oxygen atoms in total. The van der Waals surface area contributed by atoms with Crippen molar-refractivity contribution in [1.29, 1.82) is 0 Å². The van der Waals surface area contributed by atoms with Crippen LogP contribution >= 0.6 is 0 Å². The Morgan fingerprint density at radius 3 is 2.60 bits per heavy atom. The normalized spacial score (nSPS) is 19.1. The van der Waals surface area contributed by atoms with Crippen molar-refractivity contribution in [2.75, 3.05) is 13.1 Å². The Labute approximate surface area is 150 Å². The van der Waals surface area contributed by atoms with Gasteiger partial charge in [-0.15, -0.1) is 0 Å². The molecule has 25 heavy (non-hydrogen) atoms. The number of aryl methyl sites for hydroxylation is 1. The van der Waals surface area contributed by atoms with E-state index in [-0.39, 0.29) is 17.1 Å². The minimum absolute atomic E-state index is 0.0956. The molecule has 0 radical (unpaired) electrons. The lowest BCUT2D eigenvalue weighted by Crippen LogP contribution is -2.38. The number of carbonyl (C=O) groups is 1. The number of nitrogens with zero attached hydrogens (tertiary/aromatic N) is 2. The number of aromatic nitrogens is 2. The van der Waals surface area contributed by atoms with Gasteiger partial charge in [0, 0.05) is 36.5 Å². The van der Waals surface area contributed by atoms with E-state index in [1.165, 1.54) is 5.56 Å². The average Bonchev–Trinajstić information content (AvgIpc) is 2.98. The molecule has 0 amide bonds. The lowest BCUT2D eigenvalue weighted by atomic mass is 9.85. The summed E-state index contributed by atoms with van der Waals surface area (Å²) in [6, 6.07) is 8.20. The Morgan fingerprint density at radius 2 is 2.00 bits per heavy atom. The predicted octanol–water partition coefficient (Wildman–Crippen LogP) is 4.11. The molecule has 1 atom stereocenters. The SMILES string of the molecule is Cc1ncc(CN2CCC[C@H](C(=O)c3ccc(C(C)(C)C)cc3)C2)[nH]1. The summed E-state index contributed by atoms with van der Waals surface area (Å²) in [6.07, 6.45) is 3.95. The zero-order valence-electron chi connectivity index (χ0n) is 15.8. The largest absolute Gasteiger partial charge is 0.345 e. The summed E-state index contributed by atoms with van der Waals surface area (Å²) >= 11 is 0. The molecule has 3 rings (SSSR count). The summed E-state index contributed by atoms with van der Waals surface area (Å²) in [4.78, 5) is 22.8. The van der Waals surface area contributed by atoms with E-state index in [0.717, 1.165) is 49.6 Å². The van der Waals surface area contributed by atoms with E-state index >= 15 is 0 Å². The van der Waals surface area contributed by atoms with E-state index < -0.39 is 0 Å². The second kappa shape index (κ2) is 7.12. The summed E-state index contributed by atoms with van der Waals surface area (Å²) in [6.45, 7) is 11.3. The number of rotatable bonds is 4. The Bertz CT molecular complexity index is 724. The van der Waals surface area contributed by atoms with E-state index in [9.17, 15) is 4.79 Å². The number of nitrogens with one attached hydrogen (secondary N) is 1. The molecule has 0 unspecified atom stereocenters. The number of imidazole rings is 1. The minimum atomic E-state index is 0.0956. The maximum atomic E-state index is 12.9. The lowest BCUT2D eigenvalue weighted by molar-refractivity contribution is 0.0810. The van der Waals surface area contributed by atoms with Crippen molar-refractivity contribution in [2.24, 2.45) is 5.92 Å². The highest BCUT2D eigenvalue weighted by atomic mass is 16.1. The molecule has 0 aliphatic carbocycles. The lowest BCUT2D eigenvalue weighted by Gasteiger charge is -2.31. The highest BCUT2D eigenvalue weighted by molar-refractivity contribution is 5.98. The van der Waals surface area contributed by atoms with Crippen molar-refractivity contribution >= 4 is 5.78 Å². The van der Waals surface area contributed by atoms with Gasteiger partial charge < -0.3 is 4.98 Å². The summed E-state index contributed by atoms with van der Waals surface area (Å²) in [5.41, 5.74) is 3.35. The van der Waals surface area contributed by atoms with Crippen LogP contribution in [-0.2, 0) is 12.0 Å². The topological polar surface area (TPSA) is 49.0 Å². The molecule has 1 fully saturated rings. The fraction of sp³-hybridized carbons (Fsp3) is 0.524. The van der Waals surface area contributed by atoms with E-state index in [1.54, 1.807) is 0 Å². The van der Waals surface area contributed by atoms with E-state index in [1.807, 2.05) is 25.3 Å². The van der Waals surface area contributed by atoms with Crippen molar-refractivity contribution < 1.29 is 4.79 Å². The number of benzene rings is 1. The quantitative estimate of drug-likeness (QED) is 0.853. The molecular formula is C21H29N3O. The van der Waals surface area contributed by atoms with Gasteiger partial charge in [-0.05, 0) is 37.3 Å². The van der Waals surface area contributed by atoms with Crippen molar-refractivity contribution in [1.82, 2.24) is 14.9 Å². The summed E-state index contributed by atoms with van der Waals surface area (Å²) in [5.74, 6) is 1.32. The average molecular weight is 339 g/mol. The number of hydrogen-bond donors (Lipinski definition) is 1. The van der Waals surface area contributed by atoms with Gasteiger partial charge in [-0.1, -0.05) is 45.0 Å². The number of H-pyrrole nitrogens is 1. The molecule has 4 heteroatoms. The first-order chi connectivity index (χ1) is 11.8. The fourth-order valence-corrected chi connectivity index (χ4v) is 3.58. The van der Waals surface area contributed by atoms with Crippen LogP contribution in [0.15, 0.2) is 30.5 Å². The Balaban J connectivity index is 1.65. The van der Waals surface area contributed by atoms with Crippen LogP contribution in [0, 0.1) is 12.8 Å². The molecule has 2 heterocycles. The number of aromatic amines is 1. The highest BCUT2D eigenvalue weighted by Crippen LogP contribution is 2.25. The number of carbonyl (C=O) groups excluding carboxylic acids is 1. The zero-order valence-corrected chi connectivity index (χ0v) is 15.8. The summed E-state index contributed by atoms with van der Waals surface area (Å²) in [7, 11) is 0. The van der Waals surface area contributed by atoms with Gasteiger partial charge in [0.25, 0.3) is 0 Å². The van der Waals surface area contributed by atoms with Crippen LogP contribution in [0.2, 0.25) is 0 Å². The van der Waals surface area contributed by atoms with Crippen molar-refractivity contribution in [2.45, 2.75) is 52.5 Å². The predicted molar refractivity (Wildman–Crippen MR) is 101 cm³/mol. The summed E-state index contributed by atoms with van der Waals surface area (Å²) < 4.78 is 0. The smallest absolute Gasteiger partial charge is 0.167 e. The van der Waals surface area contributed by atoms with Crippen molar-refractivity contribution in [3.63, 3.8) is 0 Å². The van der Waals surface area contributed by atoms with Crippen LogP contribution in [0.3, 0.4) is 0 Å². The number of Topliss-reactive ketones (excluding diaryl/α,β-unsaturated/α-hetero) is 1. The number of ketones is 1. The Morgan fingerprint density at radius 1 is 1.28 bits per heavy atom. The molecule has 0 saturated carbocycles. The van der Waals surface area contributed by atoms with E-state index in [0.29, 0.717) is 0 Å². The van der Waals surface area contributed by atoms with Crippen LogP contribution in [-0.4, -0.2) is 33.7 Å². The van der Waals surface area contributed by atoms with Crippen LogP contribution in [0.4, 0.5) is 0 Å². The monoisotopic (exact) mass is 339 g/mol. The number of hydrogen-bond acceptors (Lipinski definition) is 3. The molecule has 0 bridgehead atoms. The van der Waals surface area contributed by atoms with Crippen LogP contribution in [0.1, 0.15) is 61.1 Å². The molecule has 1 aliphatic rings. The molecule has 134 valence electrons. The zero-order chi connectivity index (χ0) is 18.0. The maximum absolute atomic E-state index is 12.9. The standard InChI is InChI=1S/C21H29N3O/c1-15-22-12-19(23-15)14-24-11-5-6-17(13-24)20(25)16-7-9-18(10-8-16)21(2,3)4/h7-10,12,17H,5-6,11,13-14H2,1-4H3,(H,22,23)/t17-/m0/s1. The van der Waals surface area contributed by atoms with Gasteiger partial charge in [-0.3, -0.25) is 9.69 Å². The first-order valence-electron chi connectivity index (χ1n) is 9.20. The van der Waals surface area contributed by atoms with Gasteiger partial charge in [0.15, 0.2) is 5.78 Å². The third-order valence-electron chi connectivity index (χ3n) is 5.06. The minimum Gasteiger partial charge on any atom is -0.345 e. The van der Waals surface area contributed by atoms with Gasteiger partial charge in [0.1, 0.15) is 5.82 Å². The van der Waals surface area contributed by atoms with Gasteiger partial charge >= 0.3 is 0 Å². The highest BCUT2D eigenvalue weighted by Gasteiger charge is 2.27. The molecule has 1 N–H and O–H groups in total. The molecule has 1 aromatic heterocycles. The maximum Gasteiger partial charge on any atom is 0.167 e. The van der Waals surface area contributed by atoms with Crippen LogP contribution < -0.4 is 0 Å². The Hall–Kier alpha value is -1.94. The first kappa shape index (κ1) is 17.9. The molecule has 1 aromatic carbocycles. The fourth-order valence-electron chi connectivity index (χ4n) is 3.58. The van der Waals surface area contributed by atoms with E-state index in [2.05, 4.69) is 47.8 Å². The molecule has 1 aliphatic heterocycles. The molecule has 1 saturated heterocycles. The van der Waals surface area contributed by atoms with Crippen molar-refractivity contribution in [3.8, 4) is 0 Å². The number of likely N-dealkylation sites (tertiary alicyclic amines) is 1. The molecule has 2 aromatic rings. The van der Waals surface area contributed by atoms with Crippen LogP contribution in [0.25, 0.3) is 0 Å². The third kappa shape index (κ3) is 4.37.